The summed E-state index contributed by atoms with van der Waals surface area (Å²) in [5.41, 5.74) is 8.43. The second kappa shape index (κ2) is 5.30. The van der Waals surface area contributed by atoms with Gasteiger partial charge in [-0.05, 0) is 34.6 Å². The molecule has 0 aliphatic heterocycles. The van der Waals surface area contributed by atoms with E-state index in [9.17, 15) is 0 Å². The van der Waals surface area contributed by atoms with E-state index in [2.05, 4.69) is 40.7 Å². The first-order valence-electron chi connectivity index (χ1n) is 7.06. The van der Waals surface area contributed by atoms with Crippen molar-refractivity contribution >= 4 is 5.57 Å². The summed E-state index contributed by atoms with van der Waals surface area (Å²) in [6, 6.07) is 0. The highest BCUT2D eigenvalue weighted by Gasteiger charge is 2.32. The molecule has 20 heavy (non-hydrogen) atoms. The van der Waals surface area contributed by atoms with Crippen LogP contribution in [0.25, 0.3) is 5.57 Å². The summed E-state index contributed by atoms with van der Waals surface area (Å²) in [5, 5.41) is 0. The van der Waals surface area contributed by atoms with Crippen molar-refractivity contribution in [3.05, 3.63) is 39.5 Å². The lowest BCUT2D eigenvalue weighted by atomic mass is 9.82. The molecule has 1 aromatic rings. The molecule has 0 atom stereocenters. The molecule has 0 fully saturated rings. The van der Waals surface area contributed by atoms with Crippen LogP contribution in [0, 0.1) is 19.9 Å². The summed E-state index contributed by atoms with van der Waals surface area (Å²) in [6.07, 6.45) is 3.52. The maximum atomic E-state index is 5.81. The molecule has 1 aromatic carbocycles. The third kappa shape index (κ3) is 2.01. The van der Waals surface area contributed by atoms with Crippen molar-refractivity contribution in [3.63, 3.8) is 0 Å². The molecule has 0 N–H and O–H groups in total. The molecule has 0 saturated heterocycles. The third-order valence-corrected chi connectivity index (χ3v) is 4.19. The van der Waals surface area contributed by atoms with E-state index in [-0.39, 0.29) is 0 Å². The van der Waals surface area contributed by atoms with Crippen LogP contribution in [0.15, 0.2) is 11.1 Å². The van der Waals surface area contributed by atoms with Crippen LogP contribution in [0.4, 0.5) is 0 Å². The van der Waals surface area contributed by atoms with Crippen molar-refractivity contribution in [3.8, 4) is 11.5 Å². The Morgan fingerprint density at radius 3 is 2.10 bits per heavy atom. The van der Waals surface area contributed by atoms with E-state index in [1.165, 1.54) is 22.3 Å². The SMILES string of the molecule is CCOc1c(C)c2c(c(C)c1OC)C(C)=C(C)C(C)=[C+]2. The van der Waals surface area contributed by atoms with Crippen LogP contribution in [-0.2, 0) is 0 Å². The molecular formula is C18H23O2+. The van der Waals surface area contributed by atoms with Gasteiger partial charge in [-0.3, -0.25) is 0 Å². The summed E-state index contributed by atoms with van der Waals surface area (Å²) in [5.74, 6) is 1.69. The Balaban J connectivity index is 2.86. The number of hydrogen-bond donors (Lipinski definition) is 0. The molecule has 0 saturated carbocycles. The molecule has 1 aliphatic rings. The average Bonchev–Trinajstić information content (AvgIpc) is 2.42. The smallest absolute Gasteiger partial charge is 0.209 e. The Kier molecular flexibility index (Phi) is 3.87. The second-order valence-corrected chi connectivity index (χ2v) is 5.30. The summed E-state index contributed by atoms with van der Waals surface area (Å²) in [4.78, 5) is 0. The van der Waals surface area contributed by atoms with E-state index in [4.69, 9.17) is 9.47 Å². The van der Waals surface area contributed by atoms with Gasteiger partial charge in [-0.1, -0.05) is 0 Å². The molecule has 2 nitrogen and oxygen atoms in total. The fourth-order valence-corrected chi connectivity index (χ4v) is 2.88. The van der Waals surface area contributed by atoms with Crippen LogP contribution < -0.4 is 9.47 Å². The maximum Gasteiger partial charge on any atom is 0.209 e. The van der Waals surface area contributed by atoms with Crippen molar-refractivity contribution in [2.24, 2.45) is 0 Å². The summed E-state index contributed by atoms with van der Waals surface area (Å²) >= 11 is 0. The Labute approximate surface area is 122 Å². The zero-order valence-electron chi connectivity index (χ0n) is 13.5. The van der Waals surface area contributed by atoms with Crippen molar-refractivity contribution in [1.82, 2.24) is 0 Å². The molecule has 1 aliphatic carbocycles. The lowest BCUT2D eigenvalue weighted by Gasteiger charge is -2.19. The molecule has 0 bridgehead atoms. The lowest BCUT2D eigenvalue weighted by Crippen LogP contribution is -2.08. The van der Waals surface area contributed by atoms with Crippen LogP contribution in [0.3, 0.4) is 0 Å². The molecule has 2 heteroatoms. The van der Waals surface area contributed by atoms with Gasteiger partial charge in [-0.15, -0.1) is 0 Å². The number of benzene rings is 1. The molecule has 0 radical (unpaired) electrons. The van der Waals surface area contributed by atoms with Gasteiger partial charge in [-0.2, -0.15) is 0 Å². The van der Waals surface area contributed by atoms with Gasteiger partial charge in [0.1, 0.15) is 0 Å². The number of fused-ring (bicyclic) bond motifs is 1. The lowest BCUT2D eigenvalue weighted by molar-refractivity contribution is 0.307. The maximum absolute atomic E-state index is 5.81. The molecule has 0 spiro atoms. The molecular weight excluding hydrogens is 248 g/mol. The van der Waals surface area contributed by atoms with Gasteiger partial charge in [0.05, 0.1) is 30.4 Å². The highest BCUT2D eigenvalue weighted by molar-refractivity contribution is 5.82. The minimum atomic E-state index is 0.631. The normalized spacial score (nSPS) is 13.7. The average molecular weight is 271 g/mol. The van der Waals surface area contributed by atoms with Crippen molar-refractivity contribution < 1.29 is 9.47 Å². The number of rotatable bonds is 3. The Morgan fingerprint density at radius 2 is 1.55 bits per heavy atom. The van der Waals surface area contributed by atoms with Gasteiger partial charge in [0.15, 0.2) is 11.3 Å². The predicted molar refractivity (Wildman–Crippen MR) is 83.4 cm³/mol. The number of allylic oxidation sites excluding steroid dienone is 3. The topological polar surface area (TPSA) is 18.5 Å². The third-order valence-electron chi connectivity index (χ3n) is 4.19. The van der Waals surface area contributed by atoms with Gasteiger partial charge in [0, 0.05) is 29.7 Å². The molecule has 2 rings (SSSR count). The molecule has 106 valence electrons. The highest BCUT2D eigenvalue weighted by Crippen LogP contribution is 2.45. The minimum absolute atomic E-state index is 0.631. The quantitative estimate of drug-likeness (QED) is 0.747. The van der Waals surface area contributed by atoms with Gasteiger partial charge in [0.2, 0.25) is 5.75 Å². The van der Waals surface area contributed by atoms with Gasteiger partial charge >= 0.3 is 0 Å². The van der Waals surface area contributed by atoms with E-state index in [1.54, 1.807) is 7.11 Å². The molecule has 0 amide bonds. The van der Waals surface area contributed by atoms with Crippen molar-refractivity contribution in [2.75, 3.05) is 13.7 Å². The predicted octanol–water partition coefficient (Wildman–Crippen LogP) is 4.62. The summed E-state index contributed by atoms with van der Waals surface area (Å²) in [6.45, 7) is 13.2. The number of hydrogen-bond acceptors (Lipinski definition) is 2. The Morgan fingerprint density at radius 1 is 0.900 bits per heavy atom. The van der Waals surface area contributed by atoms with Crippen LogP contribution >= 0.6 is 0 Å². The van der Waals surface area contributed by atoms with E-state index in [1.807, 2.05) is 6.92 Å². The van der Waals surface area contributed by atoms with E-state index < -0.39 is 0 Å². The molecule has 0 heterocycles. The fourth-order valence-electron chi connectivity index (χ4n) is 2.88. The van der Waals surface area contributed by atoms with Gasteiger partial charge in [-0.25, -0.2) is 0 Å². The van der Waals surface area contributed by atoms with E-state index in [0.717, 1.165) is 28.2 Å². The zero-order chi connectivity index (χ0) is 15.0. The highest BCUT2D eigenvalue weighted by atomic mass is 16.5. The largest absolute Gasteiger partial charge is 0.491 e. The first-order valence-corrected chi connectivity index (χ1v) is 7.06. The standard InChI is InChI=1S/C18H23O2/c1-8-20-18-13(5)15-9-10(2)11(3)12(4)16(15)14(6)17(18)19-7/h8H2,1-7H3/q+1. The van der Waals surface area contributed by atoms with E-state index in [0.29, 0.717) is 6.61 Å². The zero-order valence-corrected chi connectivity index (χ0v) is 13.5. The molecule has 0 aromatic heterocycles. The molecule has 0 unspecified atom stereocenters. The number of ether oxygens (including phenoxy) is 2. The Bertz CT molecular complexity index is 619. The van der Waals surface area contributed by atoms with Crippen molar-refractivity contribution in [1.29, 1.82) is 0 Å². The first kappa shape index (κ1) is 14.6. The van der Waals surface area contributed by atoms with Crippen molar-refractivity contribution in [2.45, 2.75) is 41.5 Å². The summed E-state index contributed by atoms with van der Waals surface area (Å²) in [7, 11) is 1.70. The van der Waals surface area contributed by atoms with Gasteiger partial charge < -0.3 is 9.47 Å². The fraction of sp³-hybridized carbons (Fsp3) is 0.444. The first-order chi connectivity index (χ1) is 9.43. The van der Waals surface area contributed by atoms with Crippen LogP contribution in [0.1, 0.15) is 49.9 Å². The van der Waals surface area contributed by atoms with E-state index >= 15 is 0 Å². The monoisotopic (exact) mass is 271 g/mol. The second-order valence-electron chi connectivity index (χ2n) is 5.30. The minimum Gasteiger partial charge on any atom is -0.491 e. The van der Waals surface area contributed by atoms with Crippen LogP contribution in [0.2, 0.25) is 0 Å². The summed E-state index contributed by atoms with van der Waals surface area (Å²) < 4.78 is 11.4. The van der Waals surface area contributed by atoms with Crippen LogP contribution in [-0.4, -0.2) is 13.7 Å². The Hall–Kier alpha value is -1.79. The van der Waals surface area contributed by atoms with Crippen LogP contribution in [0.5, 0.6) is 11.5 Å². The van der Waals surface area contributed by atoms with Gasteiger partial charge in [0.25, 0.3) is 0 Å². The number of methoxy groups -OCH3 is 1.